The molecule has 0 atom stereocenters. The molecule has 0 spiro atoms. The van der Waals surface area contributed by atoms with Crippen molar-refractivity contribution in [2.24, 2.45) is 0 Å². The third kappa shape index (κ3) is 4.05. The maximum atomic E-state index is 12.9. The highest BCUT2D eigenvalue weighted by molar-refractivity contribution is 6.33. The molecule has 0 bridgehead atoms. The molecule has 0 unspecified atom stereocenters. The Labute approximate surface area is 171 Å². The van der Waals surface area contributed by atoms with E-state index in [0.717, 1.165) is 30.5 Å². The summed E-state index contributed by atoms with van der Waals surface area (Å²) in [5.41, 5.74) is 9.94. The second-order valence-electron chi connectivity index (χ2n) is 7.50. The number of hydrogen-bond donors (Lipinski definition) is 1. The first-order valence-corrected chi connectivity index (χ1v) is 9.85. The summed E-state index contributed by atoms with van der Waals surface area (Å²) in [5.74, 6) is 1.19. The molecule has 148 valence electrons. The first-order valence-electron chi connectivity index (χ1n) is 9.85. The number of amides is 1. The van der Waals surface area contributed by atoms with E-state index in [-0.39, 0.29) is 5.91 Å². The number of methoxy groups -OCH3 is 1. The van der Waals surface area contributed by atoms with Crippen LogP contribution in [0.4, 0.5) is 5.82 Å². The summed E-state index contributed by atoms with van der Waals surface area (Å²) in [5, 5.41) is 1.14. The van der Waals surface area contributed by atoms with Crippen molar-refractivity contribution in [2.45, 2.75) is 6.54 Å². The molecule has 0 saturated carbocycles. The summed E-state index contributed by atoms with van der Waals surface area (Å²) in [4.78, 5) is 21.6. The molecule has 3 aromatic rings. The zero-order valence-electron chi connectivity index (χ0n) is 16.9. The van der Waals surface area contributed by atoms with Crippen LogP contribution in [-0.2, 0) is 6.54 Å². The van der Waals surface area contributed by atoms with Crippen LogP contribution in [0.5, 0.6) is 5.75 Å². The predicted octanol–water partition coefficient (Wildman–Crippen LogP) is 1.04. The van der Waals surface area contributed by atoms with Crippen molar-refractivity contribution in [3.8, 4) is 5.75 Å². The van der Waals surface area contributed by atoms with Crippen LogP contribution >= 0.6 is 0 Å². The average Bonchev–Trinajstić information content (AvgIpc) is 2.73. The smallest absolute Gasteiger partial charge is 0.257 e. The molecule has 1 aliphatic rings. The topological polar surface area (TPSA) is 71.7 Å². The lowest BCUT2D eigenvalue weighted by Gasteiger charge is -2.35. The number of nitrogens with zero attached hydrogens (tertiary/aromatic N) is 3. The number of pyridine rings is 1. The van der Waals surface area contributed by atoms with Crippen LogP contribution in [0.3, 0.4) is 0 Å². The molecule has 2 N–H and O–H groups in total. The van der Waals surface area contributed by atoms with E-state index in [4.69, 9.17) is 10.5 Å². The van der Waals surface area contributed by atoms with E-state index in [2.05, 4.69) is 35.9 Å². The van der Waals surface area contributed by atoms with E-state index in [0.29, 0.717) is 30.2 Å². The molecule has 6 nitrogen and oxygen atoms in total. The van der Waals surface area contributed by atoms with Crippen LogP contribution in [0.1, 0.15) is 15.9 Å². The van der Waals surface area contributed by atoms with Gasteiger partial charge in [0.05, 0.1) is 18.2 Å². The number of rotatable bonds is 4. The highest BCUT2D eigenvalue weighted by Gasteiger charge is 2.24. The highest BCUT2D eigenvalue weighted by atomic mass is 16.5. The largest absolute Gasteiger partial charge is 0.496 e. The van der Waals surface area contributed by atoms with E-state index < -0.39 is 0 Å². The average molecular weight is 388 g/mol. The van der Waals surface area contributed by atoms with Crippen molar-refractivity contribution in [2.75, 3.05) is 39.0 Å². The van der Waals surface area contributed by atoms with Gasteiger partial charge in [-0.25, -0.2) is 4.98 Å². The first kappa shape index (κ1) is 19.3. The quantitative estimate of drug-likeness (QED) is 0.677. The first-order chi connectivity index (χ1) is 14.0. The summed E-state index contributed by atoms with van der Waals surface area (Å²) in [6.07, 6.45) is 0. The molecule has 2 heterocycles. The SMILES string of the molecule is Bc1ccc2c(CN3CCN(C(=O)c4ccccc4OC)CC3)cc(N)nc2c1. The fraction of sp³-hybridized carbons (Fsp3) is 0.273. The summed E-state index contributed by atoms with van der Waals surface area (Å²) < 4.78 is 5.34. The Hall–Kier alpha value is -3.06. The number of nitrogens with two attached hydrogens (primary N) is 1. The molecule has 1 saturated heterocycles. The van der Waals surface area contributed by atoms with Crippen molar-refractivity contribution in [3.63, 3.8) is 0 Å². The lowest BCUT2D eigenvalue weighted by molar-refractivity contribution is 0.0626. The number of aromatic nitrogens is 1. The van der Waals surface area contributed by atoms with Gasteiger partial charge in [0, 0.05) is 38.1 Å². The molecule has 0 radical (unpaired) electrons. The molecule has 7 heteroatoms. The van der Waals surface area contributed by atoms with Gasteiger partial charge in [-0.2, -0.15) is 0 Å². The van der Waals surface area contributed by atoms with Crippen LogP contribution in [0.2, 0.25) is 0 Å². The van der Waals surface area contributed by atoms with Crippen LogP contribution < -0.4 is 15.9 Å². The number of nitrogen functional groups attached to an aromatic ring is 1. The van der Waals surface area contributed by atoms with E-state index in [1.807, 2.05) is 35.2 Å². The molecular formula is C22H25BN4O2. The van der Waals surface area contributed by atoms with E-state index in [1.165, 1.54) is 11.0 Å². The van der Waals surface area contributed by atoms with Gasteiger partial charge in [-0.05, 0) is 29.8 Å². The van der Waals surface area contributed by atoms with Gasteiger partial charge >= 0.3 is 0 Å². The maximum absolute atomic E-state index is 12.9. The number of carbonyl (C=O) groups is 1. The van der Waals surface area contributed by atoms with Gasteiger partial charge in [0.1, 0.15) is 19.4 Å². The molecule has 1 aliphatic heterocycles. The molecule has 4 rings (SSSR count). The molecule has 2 aromatic carbocycles. The highest BCUT2D eigenvalue weighted by Crippen LogP contribution is 2.23. The number of anilines is 1. The molecule has 1 fully saturated rings. The van der Waals surface area contributed by atoms with Gasteiger partial charge in [-0.15, -0.1) is 0 Å². The van der Waals surface area contributed by atoms with Crippen molar-refractivity contribution >= 4 is 35.9 Å². The van der Waals surface area contributed by atoms with Crippen molar-refractivity contribution in [3.05, 3.63) is 59.7 Å². The van der Waals surface area contributed by atoms with E-state index in [9.17, 15) is 4.79 Å². The molecule has 1 aromatic heterocycles. The zero-order chi connectivity index (χ0) is 20.4. The number of piperazine rings is 1. The van der Waals surface area contributed by atoms with Crippen molar-refractivity contribution in [1.82, 2.24) is 14.8 Å². The van der Waals surface area contributed by atoms with Gasteiger partial charge in [0.15, 0.2) is 0 Å². The molecule has 0 aliphatic carbocycles. The molecule has 1 amide bonds. The zero-order valence-corrected chi connectivity index (χ0v) is 16.9. The Morgan fingerprint density at radius 3 is 2.66 bits per heavy atom. The Morgan fingerprint density at radius 2 is 1.90 bits per heavy atom. The van der Waals surface area contributed by atoms with Crippen molar-refractivity contribution < 1.29 is 9.53 Å². The summed E-state index contributed by atoms with van der Waals surface area (Å²) in [6.45, 7) is 3.80. The van der Waals surface area contributed by atoms with Crippen LogP contribution in [0.25, 0.3) is 10.9 Å². The fourth-order valence-electron chi connectivity index (χ4n) is 3.91. The number of ether oxygens (including phenoxy) is 1. The van der Waals surface area contributed by atoms with Gasteiger partial charge in [-0.3, -0.25) is 9.69 Å². The Bertz CT molecular complexity index is 1040. The Kier molecular flexibility index (Phi) is 5.40. The number of hydrogen-bond acceptors (Lipinski definition) is 5. The van der Waals surface area contributed by atoms with Gasteiger partial charge in [0.25, 0.3) is 5.91 Å². The van der Waals surface area contributed by atoms with Crippen LogP contribution in [0.15, 0.2) is 48.5 Å². The van der Waals surface area contributed by atoms with Crippen LogP contribution in [-0.4, -0.2) is 61.8 Å². The fourth-order valence-corrected chi connectivity index (χ4v) is 3.91. The second kappa shape index (κ2) is 8.13. The minimum Gasteiger partial charge on any atom is -0.496 e. The maximum Gasteiger partial charge on any atom is 0.257 e. The van der Waals surface area contributed by atoms with Crippen LogP contribution in [0, 0.1) is 0 Å². The number of fused-ring (bicyclic) bond motifs is 1. The number of para-hydroxylation sites is 1. The summed E-state index contributed by atoms with van der Waals surface area (Å²) in [7, 11) is 3.65. The second-order valence-corrected chi connectivity index (χ2v) is 7.50. The van der Waals surface area contributed by atoms with E-state index in [1.54, 1.807) is 7.11 Å². The van der Waals surface area contributed by atoms with Gasteiger partial charge in [-0.1, -0.05) is 29.7 Å². The third-order valence-electron chi connectivity index (χ3n) is 5.46. The van der Waals surface area contributed by atoms with Crippen molar-refractivity contribution in [1.29, 1.82) is 0 Å². The minimum absolute atomic E-state index is 0.0242. The Balaban J connectivity index is 1.46. The molecular weight excluding hydrogens is 363 g/mol. The summed E-state index contributed by atoms with van der Waals surface area (Å²) >= 11 is 0. The minimum atomic E-state index is 0.0242. The molecule has 29 heavy (non-hydrogen) atoms. The predicted molar refractivity (Wildman–Crippen MR) is 119 cm³/mol. The number of benzene rings is 2. The lowest BCUT2D eigenvalue weighted by Crippen LogP contribution is -2.48. The monoisotopic (exact) mass is 388 g/mol. The third-order valence-corrected chi connectivity index (χ3v) is 5.46. The van der Waals surface area contributed by atoms with E-state index >= 15 is 0 Å². The van der Waals surface area contributed by atoms with Gasteiger partial charge in [0.2, 0.25) is 0 Å². The van der Waals surface area contributed by atoms with Gasteiger partial charge < -0.3 is 15.4 Å². The Morgan fingerprint density at radius 1 is 1.14 bits per heavy atom. The number of carbonyl (C=O) groups excluding carboxylic acids is 1. The lowest BCUT2D eigenvalue weighted by atomic mass is 9.94. The normalized spacial score (nSPS) is 14.9. The standard InChI is InChI=1S/C22H25BN4O2/c1-29-20-5-3-2-4-18(20)22(28)27-10-8-26(9-11-27)14-15-12-21(24)25-19-13-16(23)6-7-17(15)19/h2-7,12-13H,8-11,14,23H2,1H3,(H2,24,25). The summed E-state index contributed by atoms with van der Waals surface area (Å²) in [6, 6.07) is 15.6.